The average Bonchev–Trinajstić information content (AvgIpc) is 2.51. The first kappa shape index (κ1) is 21.7. The van der Waals surface area contributed by atoms with Crippen LogP contribution >= 0.6 is 0 Å². The Morgan fingerprint density at radius 1 is 1.04 bits per heavy atom. The number of carbonyl (C=O) groups excluding carboxylic acids is 3. The SMILES string of the molecule is CC(C)NC(=O)NC(=O)[C@@H](C)OC(=O)CCc1ccc(C(C)(C)C)cc1. The second kappa shape index (κ2) is 9.36. The fraction of sp³-hybridized carbons (Fsp3) is 0.550. The Kier molecular flexibility index (Phi) is 7.80. The molecule has 0 radical (unpaired) electrons. The lowest BCUT2D eigenvalue weighted by Crippen LogP contribution is -2.46. The van der Waals surface area contributed by atoms with Crippen molar-refractivity contribution in [3.8, 4) is 0 Å². The van der Waals surface area contributed by atoms with Gasteiger partial charge in [0.25, 0.3) is 5.91 Å². The second-order valence-electron chi connectivity index (χ2n) is 7.70. The van der Waals surface area contributed by atoms with Gasteiger partial charge in [0.2, 0.25) is 0 Å². The highest BCUT2D eigenvalue weighted by Gasteiger charge is 2.20. The van der Waals surface area contributed by atoms with Crippen molar-refractivity contribution in [3.63, 3.8) is 0 Å². The number of hydrogen-bond donors (Lipinski definition) is 2. The van der Waals surface area contributed by atoms with Gasteiger partial charge in [-0.15, -0.1) is 0 Å². The highest BCUT2D eigenvalue weighted by molar-refractivity contribution is 5.97. The molecule has 26 heavy (non-hydrogen) atoms. The molecule has 1 aromatic carbocycles. The summed E-state index contributed by atoms with van der Waals surface area (Å²) in [6.07, 6.45) is -0.320. The summed E-state index contributed by atoms with van der Waals surface area (Å²) in [6.45, 7) is 11.4. The van der Waals surface area contributed by atoms with E-state index in [1.54, 1.807) is 13.8 Å². The van der Waals surface area contributed by atoms with E-state index in [0.717, 1.165) is 5.56 Å². The number of imide groups is 1. The number of ether oxygens (including phenoxy) is 1. The van der Waals surface area contributed by atoms with Crippen LogP contribution in [0.15, 0.2) is 24.3 Å². The molecule has 0 aliphatic carbocycles. The van der Waals surface area contributed by atoms with Gasteiger partial charge in [-0.05, 0) is 43.7 Å². The zero-order chi connectivity index (χ0) is 19.9. The first-order valence-corrected chi connectivity index (χ1v) is 8.89. The molecule has 0 bridgehead atoms. The van der Waals surface area contributed by atoms with Crippen LogP contribution in [0.25, 0.3) is 0 Å². The van der Waals surface area contributed by atoms with E-state index in [1.807, 2.05) is 12.1 Å². The maximum absolute atomic E-state index is 11.9. The molecule has 3 amide bonds. The van der Waals surface area contributed by atoms with E-state index >= 15 is 0 Å². The van der Waals surface area contributed by atoms with Crippen LogP contribution in [0, 0.1) is 0 Å². The van der Waals surface area contributed by atoms with Crippen molar-refractivity contribution in [1.29, 1.82) is 0 Å². The lowest BCUT2D eigenvalue weighted by Gasteiger charge is -2.19. The number of hydrogen-bond acceptors (Lipinski definition) is 4. The Morgan fingerprint density at radius 3 is 2.12 bits per heavy atom. The van der Waals surface area contributed by atoms with Crippen LogP contribution in [-0.4, -0.2) is 30.1 Å². The average molecular weight is 362 g/mol. The standard InChI is InChI=1S/C20H30N2O4/c1-13(2)21-19(25)22-18(24)14(3)26-17(23)12-9-15-7-10-16(11-8-15)20(4,5)6/h7-8,10-11,13-14H,9,12H2,1-6H3,(H2,21,22,24,25)/t14-/m1/s1. The zero-order valence-electron chi connectivity index (χ0n) is 16.5. The van der Waals surface area contributed by atoms with Crippen molar-refractivity contribution in [2.24, 2.45) is 0 Å². The molecule has 0 unspecified atom stereocenters. The maximum Gasteiger partial charge on any atom is 0.321 e. The number of aryl methyl sites for hydroxylation is 1. The third kappa shape index (κ3) is 7.68. The van der Waals surface area contributed by atoms with E-state index in [4.69, 9.17) is 4.74 Å². The van der Waals surface area contributed by atoms with Gasteiger partial charge in [-0.3, -0.25) is 14.9 Å². The Hall–Kier alpha value is -2.37. The Balaban J connectivity index is 2.43. The molecule has 144 valence electrons. The lowest BCUT2D eigenvalue weighted by molar-refractivity contribution is -0.154. The normalized spacial score (nSPS) is 12.4. The minimum Gasteiger partial charge on any atom is -0.453 e. The zero-order valence-corrected chi connectivity index (χ0v) is 16.5. The molecule has 6 nitrogen and oxygen atoms in total. The van der Waals surface area contributed by atoms with Gasteiger partial charge in [0, 0.05) is 12.5 Å². The molecule has 2 N–H and O–H groups in total. The van der Waals surface area contributed by atoms with Gasteiger partial charge >= 0.3 is 12.0 Å². The molecular weight excluding hydrogens is 332 g/mol. The van der Waals surface area contributed by atoms with E-state index in [2.05, 4.69) is 43.5 Å². The van der Waals surface area contributed by atoms with Crippen molar-refractivity contribution in [2.45, 2.75) is 71.9 Å². The predicted octanol–water partition coefficient (Wildman–Crippen LogP) is 3.08. The predicted molar refractivity (Wildman–Crippen MR) is 101 cm³/mol. The van der Waals surface area contributed by atoms with Crippen LogP contribution in [0.3, 0.4) is 0 Å². The van der Waals surface area contributed by atoms with Crippen molar-refractivity contribution in [1.82, 2.24) is 10.6 Å². The number of benzene rings is 1. The third-order valence-corrected chi connectivity index (χ3v) is 3.77. The summed E-state index contributed by atoms with van der Waals surface area (Å²) >= 11 is 0. The third-order valence-electron chi connectivity index (χ3n) is 3.77. The quantitative estimate of drug-likeness (QED) is 0.762. The number of rotatable bonds is 6. The molecule has 6 heteroatoms. The Labute approximate surface area is 155 Å². The number of amides is 3. The van der Waals surface area contributed by atoms with Crippen LogP contribution in [0.5, 0.6) is 0 Å². The van der Waals surface area contributed by atoms with Crippen LogP contribution in [-0.2, 0) is 26.2 Å². The van der Waals surface area contributed by atoms with E-state index in [1.165, 1.54) is 12.5 Å². The first-order valence-electron chi connectivity index (χ1n) is 8.89. The van der Waals surface area contributed by atoms with Gasteiger partial charge in [-0.1, -0.05) is 45.0 Å². The molecule has 1 atom stereocenters. The topological polar surface area (TPSA) is 84.5 Å². The summed E-state index contributed by atoms with van der Waals surface area (Å²) in [5, 5.41) is 4.68. The van der Waals surface area contributed by atoms with E-state index in [9.17, 15) is 14.4 Å². The fourth-order valence-electron chi connectivity index (χ4n) is 2.24. The summed E-state index contributed by atoms with van der Waals surface area (Å²) in [5.41, 5.74) is 2.35. The lowest BCUT2D eigenvalue weighted by atomic mass is 9.86. The van der Waals surface area contributed by atoms with Crippen molar-refractivity contribution < 1.29 is 19.1 Å². The number of urea groups is 1. The van der Waals surface area contributed by atoms with Crippen LogP contribution in [0.1, 0.15) is 59.1 Å². The molecule has 1 aromatic rings. The molecule has 0 saturated heterocycles. The Bertz CT molecular complexity index is 630. The molecule has 1 rings (SSSR count). The smallest absolute Gasteiger partial charge is 0.321 e. The fourth-order valence-corrected chi connectivity index (χ4v) is 2.24. The second-order valence-corrected chi connectivity index (χ2v) is 7.70. The highest BCUT2D eigenvalue weighted by atomic mass is 16.5. The van der Waals surface area contributed by atoms with Crippen LogP contribution < -0.4 is 10.6 Å². The molecule has 0 fully saturated rings. The Morgan fingerprint density at radius 2 is 1.62 bits per heavy atom. The van der Waals surface area contributed by atoms with Gasteiger partial charge in [-0.2, -0.15) is 0 Å². The van der Waals surface area contributed by atoms with Crippen LogP contribution in [0.2, 0.25) is 0 Å². The molecule has 0 aliphatic rings. The first-order chi connectivity index (χ1) is 12.0. The number of esters is 1. The van der Waals surface area contributed by atoms with Crippen molar-refractivity contribution in [3.05, 3.63) is 35.4 Å². The van der Waals surface area contributed by atoms with E-state index in [0.29, 0.717) is 6.42 Å². The van der Waals surface area contributed by atoms with Crippen molar-refractivity contribution in [2.75, 3.05) is 0 Å². The number of carbonyl (C=O) groups is 3. The van der Waals surface area contributed by atoms with E-state index in [-0.39, 0.29) is 17.9 Å². The summed E-state index contributed by atoms with van der Waals surface area (Å²) in [4.78, 5) is 35.2. The minimum atomic E-state index is -1.02. The van der Waals surface area contributed by atoms with Gasteiger partial charge in [0.15, 0.2) is 6.10 Å². The van der Waals surface area contributed by atoms with Gasteiger partial charge in [0.1, 0.15) is 0 Å². The molecule has 0 aliphatic heterocycles. The van der Waals surface area contributed by atoms with Crippen molar-refractivity contribution >= 4 is 17.9 Å². The van der Waals surface area contributed by atoms with E-state index < -0.39 is 24.0 Å². The summed E-state index contributed by atoms with van der Waals surface area (Å²) in [6, 6.07) is 7.42. The summed E-state index contributed by atoms with van der Waals surface area (Å²) < 4.78 is 5.09. The molecule has 0 aromatic heterocycles. The minimum absolute atomic E-state index is 0.0854. The summed E-state index contributed by atoms with van der Waals surface area (Å²) in [5.74, 6) is -1.12. The monoisotopic (exact) mass is 362 g/mol. The van der Waals surface area contributed by atoms with Gasteiger partial charge < -0.3 is 10.1 Å². The molecule has 0 spiro atoms. The molecular formula is C20H30N2O4. The van der Waals surface area contributed by atoms with Gasteiger partial charge in [-0.25, -0.2) is 4.79 Å². The highest BCUT2D eigenvalue weighted by Crippen LogP contribution is 2.22. The number of nitrogens with one attached hydrogen (secondary N) is 2. The molecule has 0 saturated carbocycles. The van der Waals surface area contributed by atoms with Gasteiger partial charge in [0.05, 0.1) is 0 Å². The largest absolute Gasteiger partial charge is 0.453 e. The molecule has 0 heterocycles. The maximum atomic E-state index is 11.9. The van der Waals surface area contributed by atoms with Crippen LogP contribution in [0.4, 0.5) is 4.79 Å². The summed E-state index contributed by atoms with van der Waals surface area (Å²) in [7, 11) is 0.